The van der Waals surface area contributed by atoms with Crippen molar-refractivity contribution in [1.82, 2.24) is 4.90 Å². The predicted octanol–water partition coefficient (Wildman–Crippen LogP) is 1.35. The maximum absolute atomic E-state index is 4.70. The lowest BCUT2D eigenvalue weighted by atomic mass is 9.98. The van der Waals surface area contributed by atoms with Gasteiger partial charge in [0.2, 0.25) is 0 Å². The highest BCUT2D eigenvalue weighted by Crippen LogP contribution is 2.12. The fourth-order valence-corrected chi connectivity index (χ4v) is 0.572. The Hall–Kier alpha value is -0.570. The quantitative estimate of drug-likeness (QED) is 0.457. The summed E-state index contributed by atoms with van der Waals surface area (Å²) in [6.45, 7) is 6.17. The fourth-order valence-electron chi connectivity index (χ4n) is 0.572. The van der Waals surface area contributed by atoms with Gasteiger partial charge < -0.3 is 4.84 Å². The van der Waals surface area contributed by atoms with Gasteiger partial charge in [0, 0.05) is 0 Å². The maximum Gasteiger partial charge on any atom is 0.106 e. The van der Waals surface area contributed by atoms with Crippen molar-refractivity contribution < 1.29 is 4.84 Å². The molecule has 0 aliphatic rings. The summed E-state index contributed by atoms with van der Waals surface area (Å²) in [6, 6.07) is 0. The van der Waals surface area contributed by atoms with E-state index in [1.807, 2.05) is 21.0 Å². The highest BCUT2D eigenvalue weighted by Gasteiger charge is 2.24. The van der Waals surface area contributed by atoms with Crippen LogP contribution in [0.4, 0.5) is 0 Å². The van der Waals surface area contributed by atoms with Crippen molar-refractivity contribution in [2.45, 2.75) is 26.3 Å². The van der Waals surface area contributed by atoms with Gasteiger partial charge >= 0.3 is 0 Å². The van der Waals surface area contributed by atoms with E-state index in [9.17, 15) is 0 Å². The van der Waals surface area contributed by atoms with Crippen LogP contribution in [-0.4, -0.2) is 37.4 Å². The number of nitrogens with zero attached hydrogens (tertiary/aromatic N) is 2. The third-order valence-corrected chi connectivity index (χ3v) is 2.23. The molecule has 0 aromatic heterocycles. The second-order valence-corrected chi connectivity index (χ2v) is 3.31. The molecule has 0 amide bonds. The largest absolute Gasteiger partial charge is 0.399 e. The minimum atomic E-state index is -0.0317. The van der Waals surface area contributed by atoms with Crippen LogP contribution in [0, 0.1) is 0 Å². The topological polar surface area (TPSA) is 24.8 Å². The molecule has 0 aromatic carbocycles. The van der Waals surface area contributed by atoms with Gasteiger partial charge in [0.1, 0.15) is 7.11 Å². The van der Waals surface area contributed by atoms with Gasteiger partial charge in [0.25, 0.3) is 0 Å². The molecular formula is C8H18N2O. The summed E-state index contributed by atoms with van der Waals surface area (Å²) in [7, 11) is 5.61. The average molecular weight is 158 g/mol. The molecule has 66 valence electrons. The summed E-state index contributed by atoms with van der Waals surface area (Å²) in [4.78, 5) is 6.80. The Morgan fingerprint density at radius 1 is 1.36 bits per heavy atom. The molecule has 0 unspecified atom stereocenters. The number of oxime groups is 1. The van der Waals surface area contributed by atoms with Gasteiger partial charge in [-0.2, -0.15) is 0 Å². The summed E-state index contributed by atoms with van der Waals surface area (Å²) in [5, 5.41) is 3.89. The fraction of sp³-hybridized carbons (Fsp3) is 0.875. The first-order chi connectivity index (χ1) is 4.92. The Balaban J connectivity index is 4.41. The summed E-state index contributed by atoms with van der Waals surface area (Å²) < 4.78 is 0. The molecule has 0 radical (unpaired) electrons. The second kappa shape index (κ2) is 3.72. The SMILES string of the molecule is CON=C(C)C(C)(C)N(C)C. The van der Waals surface area contributed by atoms with Crippen LogP contribution in [0.5, 0.6) is 0 Å². The van der Waals surface area contributed by atoms with Crippen LogP contribution in [0.15, 0.2) is 5.16 Å². The summed E-state index contributed by atoms with van der Waals surface area (Å²) >= 11 is 0. The van der Waals surface area contributed by atoms with Gasteiger partial charge in [-0.3, -0.25) is 4.90 Å². The number of rotatable bonds is 3. The molecule has 0 bridgehead atoms. The van der Waals surface area contributed by atoms with Crippen molar-refractivity contribution >= 4 is 5.71 Å². The summed E-state index contributed by atoms with van der Waals surface area (Å²) in [6.07, 6.45) is 0. The van der Waals surface area contributed by atoms with E-state index in [2.05, 4.69) is 23.9 Å². The van der Waals surface area contributed by atoms with Crippen molar-refractivity contribution in [3.63, 3.8) is 0 Å². The van der Waals surface area contributed by atoms with Crippen LogP contribution in [-0.2, 0) is 4.84 Å². The van der Waals surface area contributed by atoms with Gasteiger partial charge in [-0.1, -0.05) is 5.16 Å². The van der Waals surface area contributed by atoms with Crippen LogP contribution in [0.25, 0.3) is 0 Å². The zero-order valence-corrected chi connectivity index (χ0v) is 8.30. The second-order valence-electron chi connectivity index (χ2n) is 3.31. The molecule has 0 aliphatic heterocycles. The number of hydrogen-bond acceptors (Lipinski definition) is 3. The van der Waals surface area contributed by atoms with Gasteiger partial charge in [0.15, 0.2) is 0 Å². The first-order valence-electron chi connectivity index (χ1n) is 3.68. The Bertz CT molecular complexity index is 150. The van der Waals surface area contributed by atoms with Crippen molar-refractivity contribution in [2.24, 2.45) is 5.16 Å². The molecule has 0 spiro atoms. The Morgan fingerprint density at radius 2 is 1.82 bits per heavy atom. The molecule has 3 heteroatoms. The van der Waals surface area contributed by atoms with E-state index in [0.717, 1.165) is 5.71 Å². The molecule has 0 N–H and O–H groups in total. The third-order valence-electron chi connectivity index (χ3n) is 2.23. The third kappa shape index (κ3) is 2.50. The first-order valence-corrected chi connectivity index (χ1v) is 3.68. The minimum absolute atomic E-state index is 0.0317. The molecule has 3 nitrogen and oxygen atoms in total. The van der Waals surface area contributed by atoms with Crippen molar-refractivity contribution in [3.05, 3.63) is 0 Å². The van der Waals surface area contributed by atoms with E-state index in [1.165, 1.54) is 0 Å². The average Bonchev–Trinajstić information content (AvgIpc) is 1.88. The molecular weight excluding hydrogens is 140 g/mol. The van der Waals surface area contributed by atoms with Gasteiger partial charge in [-0.15, -0.1) is 0 Å². The molecule has 0 fully saturated rings. The minimum Gasteiger partial charge on any atom is -0.399 e. The zero-order valence-electron chi connectivity index (χ0n) is 8.30. The van der Waals surface area contributed by atoms with Crippen LogP contribution < -0.4 is 0 Å². The molecule has 0 atom stereocenters. The number of hydrogen-bond donors (Lipinski definition) is 0. The molecule has 11 heavy (non-hydrogen) atoms. The van der Waals surface area contributed by atoms with Crippen molar-refractivity contribution in [1.29, 1.82) is 0 Å². The zero-order chi connectivity index (χ0) is 9.07. The summed E-state index contributed by atoms with van der Waals surface area (Å²) in [5.74, 6) is 0. The standard InChI is InChI=1S/C8H18N2O/c1-7(9-11-6)8(2,3)10(4)5/h1-6H3. The highest BCUT2D eigenvalue weighted by molar-refractivity contribution is 5.90. The lowest BCUT2D eigenvalue weighted by Gasteiger charge is -2.31. The van der Waals surface area contributed by atoms with Gasteiger partial charge in [-0.05, 0) is 34.9 Å². The van der Waals surface area contributed by atoms with Crippen molar-refractivity contribution in [3.8, 4) is 0 Å². The maximum atomic E-state index is 4.70. The van der Waals surface area contributed by atoms with E-state index in [0.29, 0.717) is 0 Å². The Morgan fingerprint density at radius 3 is 2.09 bits per heavy atom. The molecule has 0 aromatic rings. The Kier molecular flexibility index (Phi) is 3.52. The van der Waals surface area contributed by atoms with E-state index in [-0.39, 0.29) is 5.54 Å². The first kappa shape index (κ1) is 10.4. The molecule has 0 heterocycles. The monoisotopic (exact) mass is 158 g/mol. The predicted molar refractivity (Wildman–Crippen MR) is 47.9 cm³/mol. The van der Waals surface area contributed by atoms with Crippen LogP contribution in [0.3, 0.4) is 0 Å². The molecule has 0 aliphatic carbocycles. The summed E-state index contributed by atoms with van der Waals surface area (Å²) in [5.41, 5.74) is 0.945. The highest BCUT2D eigenvalue weighted by atomic mass is 16.6. The smallest absolute Gasteiger partial charge is 0.106 e. The van der Waals surface area contributed by atoms with Crippen LogP contribution in [0.2, 0.25) is 0 Å². The van der Waals surface area contributed by atoms with E-state index < -0.39 is 0 Å². The van der Waals surface area contributed by atoms with Gasteiger partial charge in [0.05, 0.1) is 11.3 Å². The van der Waals surface area contributed by atoms with Gasteiger partial charge in [-0.25, -0.2) is 0 Å². The van der Waals surface area contributed by atoms with Crippen molar-refractivity contribution in [2.75, 3.05) is 21.2 Å². The molecule has 0 rings (SSSR count). The lowest BCUT2D eigenvalue weighted by molar-refractivity contribution is 0.199. The van der Waals surface area contributed by atoms with Crippen LogP contribution in [0.1, 0.15) is 20.8 Å². The van der Waals surface area contributed by atoms with E-state index >= 15 is 0 Å². The Labute approximate surface area is 69.0 Å². The molecule has 0 saturated heterocycles. The van der Waals surface area contributed by atoms with E-state index in [4.69, 9.17) is 4.84 Å². The normalized spacial score (nSPS) is 13.9. The lowest BCUT2D eigenvalue weighted by Crippen LogP contribution is -2.44. The van der Waals surface area contributed by atoms with E-state index in [1.54, 1.807) is 7.11 Å². The molecule has 0 saturated carbocycles. The van der Waals surface area contributed by atoms with Crippen LogP contribution >= 0.6 is 0 Å².